The summed E-state index contributed by atoms with van der Waals surface area (Å²) < 4.78 is 0. The summed E-state index contributed by atoms with van der Waals surface area (Å²) in [7, 11) is 1.87. The minimum atomic E-state index is -0.0186. The average molecular weight is 238 g/mol. The number of nitrogens with one attached hydrogen (secondary N) is 1. The number of carbonyl (C=O) groups is 1. The molecule has 2 unspecified atom stereocenters. The third-order valence-electron chi connectivity index (χ3n) is 2.96. The molecule has 0 radical (unpaired) electrons. The second-order valence-electron chi connectivity index (χ2n) is 4.76. The van der Waals surface area contributed by atoms with Crippen LogP contribution in [0.3, 0.4) is 0 Å². The van der Waals surface area contributed by atoms with E-state index in [1.165, 1.54) is 5.56 Å². The van der Waals surface area contributed by atoms with Gasteiger partial charge in [0, 0.05) is 7.05 Å². The SMILES string of the molecule is CC(C)CC1NC(c2ccsc2)N(C)C1=O. The smallest absolute Gasteiger partial charge is 0.241 e. The van der Waals surface area contributed by atoms with Crippen molar-refractivity contribution in [2.75, 3.05) is 7.05 Å². The minimum absolute atomic E-state index is 0.0186. The van der Waals surface area contributed by atoms with Crippen LogP contribution in [0.5, 0.6) is 0 Å². The van der Waals surface area contributed by atoms with Crippen LogP contribution >= 0.6 is 11.3 Å². The van der Waals surface area contributed by atoms with E-state index in [9.17, 15) is 4.79 Å². The number of nitrogens with zero attached hydrogens (tertiary/aromatic N) is 1. The Labute approximate surface area is 100 Å². The Morgan fingerprint density at radius 1 is 1.56 bits per heavy atom. The van der Waals surface area contributed by atoms with Crippen molar-refractivity contribution in [3.63, 3.8) is 0 Å². The molecule has 1 aliphatic heterocycles. The highest BCUT2D eigenvalue weighted by Crippen LogP contribution is 2.27. The molecular formula is C12H18N2OS. The van der Waals surface area contributed by atoms with Crippen molar-refractivity contribution in [1.29, 1.82) is 0 Å². The topological polar surface area (TPSA) is 32.3 Å². The van der Waals surface area contributed by atoms with Gasteiger partial charge < -0.3 is 4.90 Å². The first-order chi connectivity index (χ1) is 7.59. The molecule has 16 heavy (non-hydrogen) atoms. The van der Waals surface area contributed by atoms with Gasteiger partial charge in [0.05, 0.1) is 6.04 Å². The van der Waals surface area contributed by atoms with Crippen LogP contribution in [0.2, 0.25) is 0 Å². The zero-order valence-electron chi connectivity index (χ0n) is 9.93. The summed E-state index contributed by atoms with van der Waals surface area (Å²) in [4.78, 5) is 13.8. The minimum Gasteiger partial charge on any atom is -0.325 e. The number of amides is 1. The van der Waals surface area contributed by atoms with Crippen LogP contribution in [-0.2, 0) is 4.79 Å². The lowest BCUT2D eigenvalue weighted by Gasteiger charge is -2.17. The predicted molar refractivity (Wildman–Crippen MR) is 66.2 cm³/mol. The zero-order valence-corrected chi connectivity index (χ0v) is 10.8. The lowest BCUT2D eigenvalue weighted by atomic mass is 10.0. The Balaban J connectivity index is 2.11. The van der Waals surface area contributed by atoms with Crippen molar-refractivity contribution in [2.24, 2.45) is 5.92 Å². The summed E-state index contributed by atoms with van der Waals surface area (Å²) >= 11 is 1.67. The molecule has 0 bridgehead atoms. The summed E-state index contributed by atoms with van der Waals surface area (Å²) in [5.41, 5.74) is 1.19. The molecule has 2 atom stereocenters. The van der Waals surface area contributed by atoms with E-state index < -0.39 is 0 Å². The van der Waals surface area contributed by atoms with E-state index in [0.717, 1.165) is 6.42 Å². The maximum absolute atomic E-state index is 12.0. The third kappa shape index (κ3) is 2.13. The Bertz CT molecular complexity index is 361. The predicted octanol–water partition coefficient (Wildman–Crippen LogP) is 2.22. The van der Waals surface area contributed by atoms with Gasteiger partial charge in [0.2, 0.25) is 5.91 Å². The van der Waals surface area contributed by atoms with Crippen molar-refractivity contribution in [3.8, 4) is 0 Å². The van der Waals surface area contributed by atoms with Crippen LogP contribution in [0.1, 0.15) is 32.0 Å². The molecule has 1 amide bonds. The van der Waals surface area contributed by atoms with E-state index in [2.05, 4.69) is 30.6 Å². The molecule has 0 aromatic carbocycles. The molecule has 0 saturated carbocycles. The van der Waals surface area contributed by atoms with E-state index in [4.69, 9.17) is 0 Å². The third-order valence-corrected chi connectivity index (χ3v) is 3.66. The van der Waals surface area contributed by atoms with E-state index in [-0.39, 0.29) is 18.1 Å². The molecule has 88 valence electrons. The van der Waals surface area contributed by atoms with E-state index in [1.807, 2.05) is 17.3 Å². The van der Waals surface area contributed by atoms with Crippen molar-refractivity contribution in [1.82, 2.24) is 10.2 Å². The number of likely N-dealkylation sites (N-methyl/N-ethyl adjacent to an activating group) is 1. The lowest BCUT2D eigenvalue weighted by Crippen LogP contribution is -2.30. The number of thiophene rings is 1. The van der Waals surface area contributed by atoms with Crippen molar-refractivity contribution in [3.05, 3.63) is 22.4 Å². The Kier molecular flexibility index (Phi) is 3.30. The maximum Gasteiger partial charge on any atom is 0.241 e. The van der Waals surface area contributed by atoms with E-state index in [0.29, 0.717) is 5.92 Å². The molecule has 0 aliphatic carbocycles. The van der Waals surface area contributed by atoms with Gasteiger partial charge in [0.1, 0.15) is 6.17 Å². The molecule has 3 nitrogen and oxygen atoms in total. The van der Waals surface area contributed by atoms with E-state index in [1.54, 1.807) is 11.3 Å². The van der Waals surface area contributed by atoms with Gasteiger partial charge in [-0.1, -0.05) is 13.8 Å². The molecule has 1 aliphatic rings. The van der Waals surface area contributed by atoms with Gasteiger partial charge in [-0.25, -0.2) is 0 Å². The zero-order chi connectivity index (χ0) is 11.7. The van der Waals surface area contributed by atoms with Crippen molar-refractivity contribution < 1.29 is 4.79 Å². The van der Waals surface area contributed by atoms with Gasteiger partial charge in [-0.05, 0) is 34.7 Å². The highest BCUT2D eigenvalue weighted by atomic mass is 32.1. The Morgan fingerprint density at radius 3 is 2.88 bits per heavy atom. The molecule has 4 heteroatoms. The monoisotopic (exact) mass is 238 g/mol. The fourth-order valence-corrected chi connectivity index (χ4v) is 2.82. The maximum atomic E-state index is 12.0. The first-order valence-corrected chi connectivity index (χ1v) is 6.58. The molecule has 2 rings (SSSR count). The standard InChI is InChI=1S/C12H18N2OS/c1-8(2)6-10-12(15)14(3)11(13-10)9-4-5-16-7-9/h4-5,7-8,10-11,13H,6H2,1-3H3. The molecular weight excluding hydrogens is 220 g/mol. The van der Waals surface area contributed by atoms with Crippen LogP contribution in [-0.4, -0.2) is 23.9 Å². The molecule has 1 saturated heterocycles. The fourth-order valence-electron chi connectivity index (χ4n) is 2.14. The summed E-state index contributed by atoms with van der Waals surface area (Å²) in [5, 5.41) is 7.55. The van der Waals surface area contributed by atoms with Crippen molar-refractivity contribution in [2.45, 2.75) is 32.5 Å². The second kappa shape index (κ2) is 4.55. The van der Waals surface area contributed by atoms with Crippen LogP contribution < -0.4 is 5.32 Å². The summed E-state index contributed by atoms with van der Waals surface area (Å²) in [6.45, 7) is 4.29. The molecule has 1 aromatic rings. The summed E-state index contributed by atoms with van der Waals surface area (Å²) in [6, 6.07) is 2.05. The number of rotatable bonds is 3. The number of carbonyl (C=O) groups excluding carboxylic acids is 1. The molecule has 0 spiro atoms. The van der Waals surface area contributed by atoms with Gasteiger partial charge in [-0.2, -0.15) is 11.3 Å². The Morgan fingerprint density at radius 2 is 2.31 bits per heavy atom. The average Bonchev–Trinajstić information content (AvgIpc) is 2.81. The highest BCUT2D eigenvalue weighted by molar-refractivity contribution is 7.07. The summed E-state index contributed by atoms with van der Waals surface area (Å²) in [5.74, 6) is 0.751. The van der Waals surface area contributed by atoms with E-state index >= 15 is 0 Å². The van der Waals surface area contributed by atoms with Gasteiger partial charge in [0.25, 0.3) is 0 Å². The molecule has 2 heterocycles. The molecule has 1 aromatic heterocycles. The fraction of sp³-hybridized carbons (Fsp3) is 0.583. The normalized spacial score (nSPS) is 25.8. The van der Waals surface area contributed by atoms with Crippen LogP contribution in [0.4, 0.5) is 0 Å². The van der Waals surface area contributed by atoms with Crippen molar-refractivity contribution >= 4 is 17.2 Å². The molecule has 1 N–H and O–H groups in total. The van der Waals surface area contributed by atoms with Gasteiger partial charge in [-0.15, -0.1) is 0 Å². The number of hydrogen-bond donors (Lipinski definition) is 1. The van der Waals surface area contributed by atoms with Gasteiger partial charge >= 0.3 is 0 Å². The van der Waals surface area contributed by atoms with Crippen LogP contribution in [0.15, 0.2) is 16.8 Å². The van der Waals surface area contributed by atoms with Gasteiger partial charge in [0.15, 0.2) is 0 Å². The number of hydrogen-bond acceptors (Lipinski definition) is 3. The Hall–Kier alpha value is -0.870. The largest absolute Gasteiger partial charge is 0.325 e. The first kappa shape index (κ1) is 11.6. The second-order valence-corrected chi connectivity index (χ2v) is 5.54. The molecule has 1 fully saturated rings. The van der Waals surface area contributed by atoms with Crippen LogP contribution in [0.25, 0.3) is 0 Å². The van der Waals surface area contributed by atoms with Crippen LogP contribution in [0, 0.1) is 5.92 Å². The summed E-state index contributed by atoms with van der Waals surface area (Å²) in [6.07, 6.45) is 0.964. The first-order valence-electron chi connectivity index (χ1n) is 5.64. The lowest BCUT2D eigenvalue weighted by molar-refractivity contribution is -0.129. The quantitative estimate of drug-likeness (QED) is 0.875. The highest BCUT2D eigenvalue weighted by Gasteiger charge is 2.37. The van der Waals surface area contributed by atoms with Gasteiger partial charge in [-0.3, -0.25) is 10.1 Å².